The van der Waals surface area contributed by atoms with Crippen LogP contribution in [-0.4, -0.2) is 32.9 Å². The highest BCUT2D eigenvalue weighted by atomic mass is 35.5. The van der Waals surface area contributed by atoms with Gasteiger partial charge in [0.05, 0.1) is 33.5 Å². The monoisotopic (exact) mass is 583 g/mol. The summed E-state index contributed by atoms with van der Waals surface area (Å²) >= 11 is 18.6. The van der Waals surface area contributed by atoms with Gasteiger partial charge in [-0.2, -0.15) is 5.10 Å². The number of sulfone groups is 1. The van der Waals surface area contributed by atoms with E-state index in [4.69, 9.17) is 34.8 Å². The fraction of sp³-hybridized carbons (Fsp3) is 0.125. The van der Waals surface area contributed by atoms with Crippen LogP contribution in [0.3, 0.4) is 0 Å². The molecule has 0 aliphatic carbocycles. The third kappa shape index (κ3) is 5.46. The average Bonchev–Trinajstić information content (AvgIpc) is 3.13. The molecule has 0 radical (unpaired) electrons. The van der Waals surface area contributed by atoms with E-state index < -0.39 is 19.9 Å². The van der Waals surface area contributed by atoms with Gasteiger partial charge in [0.25, 0.3) is 0 Å². The predicted octanol–water partition coefficient (Wildman–Crippen LogP) is 5.69. The molecule has 188 valence electrons. The van der Waals surface area contributed by atoms with Gasteiger partial charge < -0.3 is 0 Å². The molecule has 3 aromatic carbocycles. The van der Waals surface area contributed by atoms with Crippen LogP contribution in [0, 0.1) is 6.92 Å². The van der Waals surface area contributed by atoms with Crippen LogP contribution in [0.15, 0.2) is 76.5 Å². The molecule has 0 aliphatic rings. The van der Waals surface area contributed by atoms with E-state index in [9.17, 15) is 16.8 Å². The molecule has 0 unspecified atom stereocenters. The zero-order valence-electron chi connectivity index (χ0n) is 19.0. The first-order valence-electron chi connectivity index (χ1n) is 10.5. The second-order valence-corrected chi connectivity index (χ2v) is 13.0. The van der Waals surface area contributed by atoms with Crippen molar-refractivity contribution in [3.8, 4) is 16.9 Å². The minimum Gasteiger partial charge on any atom is -0.231 e. The van der Waals surface area contributed by atoms with Crippen molar-refractivity contribution in [3.05, 3.63) is 93.1 Å². The lowest BCUT2D eigenvalue weighted by Gasteiger charge is -2.11. The van der Waals surface area contributed by atoms with Gasteiger partial charge in [-0.25, -0.2) is 26.2 Å². The number of halogens is 3. The quantitative estimate of drug-likeness (QED) is 0.301. The number of sulfonamides is 1. The average molecular weight is 585 g/mol. The van der Waals surface area contributed by atoms with E-state index in [1.807, 2.05) is 19.1 Å². The fourth-order valence-corrected chi connectivity index (χ4v) is 6.93. The van der Waals surface area contributed by atoms with Crippen molar-refractivity contribution in [1.29, 1.82) is 0 Å². The predicted molar refractivity (Wildman–Crippen MR) is 142 cm³/mol. The maximum Gasteiger partial charge on any atom is 0.242 e. The molecule has 4 aromatic rings. The van der Waals surface area contributed by atoms with Crippen molar-refractivity contribution in [1.82, 2.24) is 14.5 Å². The summed E-state index contributed by atoms with van der Waals surface area (Å²) in [7, 11) is -7.95. The first-order chi connectivity index (χ1) is 16.9. The first-order valence-corrected chi connectivity index (χ1v) is 15.0. The molecule has 1 aromatic heterocycles. The lowest BCUT2D eigenvalue weighted by atomic mass is 10.1. The van der Waals surface area contributed by atoms with Crippen molar-refractivity contribution < 1.29 is 16.8 Å². The van der Waals surface area contributed by atoms with E-state index in [0.29, 0.717) is 37.7 Å². The highest BCUT2D eigenvalue weighted by molar-refractivity contribution is 7.93. The number of aromatic nitrogens is 2. The van der Waals surface area contributed by atoms with Crippen LogP contribution < -0.4 is 4.72 Å². The van der Waals surface area contributed by atoms with Gasteiger partial charge in [-0.3, -0.25) is 0 Å². The highest BCUT2D eigenvalue weighted by Crippen LogP contribution is 2.33. The normalized spacial score (nSPS) is 12.1. The molecule has 0 saturated heterocycles. The standard InChI is InChI=1S/C24H20Cl3N3O4S2/c1-15-20(14-28-36(33,34)23-6-4-3-5-22(23)35(2,31)32)29-30(21-12-11-18(26)13-19(21)27)24(15)16-7-9-17(25)10-8-16/h3-13,28H,14H2,1-2H3. The molecule has 0 saturated carbocycles. The van der Waals surface area contributed by atoms with E-state index in [1.54, 1.807) is 35.0 Å². The van der Waals surface area contributed by atoms with Gasteiger partial charge in [0.1, 0.15) is 4.90 Å². The van der Waals surface area contributed by atoms with Crippen molar-refractivity contribution in [2.45, 2.75) is 23.3 Å². The van der Waals surface area contributed by atoms with Crippen LogP contribution in [0.4, 0.5) is 0 Å². The summed E-state index contributed by atoms with van der Waals surface area (Å²) in [4.78, 5) is -0.613. The summed E-state index contributed by atoms with van der Waals surface area (Å²) in [6.45, 7) is 1.62. The Bertz CT molecular complexity index is 1670. The molecule has 0 amide bonds. The number of hydrogen-bond acceptors (Lipinski definition) is 5. The molecule has 36 heavy (non-hydrogen) atoms. The molecule has 7 nitrogen and oxygen atoms in total. The van der Waals surface area contributed by atoms with Gasteiger partial charge in [0, 0.05) is 27.4 Å². The number of nitrogens with zero attached hydrogens (tertiary/aromatic N) is 2. The number of hydrogen-bond donors (Lipinski definition) is 1. The Morgan fingerprint density at radius 1 is 0.861 bits per heavy atom. The number of rotatable bonds is 7. The van der Waals surface area contributed by atoms with E-state index in [0.717, 1.165) is 11.8 Å². The maximum atomic E-state index is 13.1. The largest absolute Gasteiger partial charge is 0.242 e. The lowest BCUT2D eigenvalue weighted by Crippen LogP contribution is -2.25. The summed E-state index contributed by atoms with van der Waals surface area (Å²) < 4.78 is 54.5. The molecule has 0 bridgehead atoms. The molecule has 0 spiro atoms. The SMILES string of the molecule is Cc1c(CNS(=O)(=O)c2ccccc2S(C)(=O)=O)nn(-c2ccc(Cl)cc2Cl)c1-c1ccc(Cl)cc1. The maximum absolute atomic E-state index is 13.1. The van der Waals surface area contributed by atoms with Crippen molar-refractivity contribution in [2.24, 2.45) is 0 Å². The molecule has 0 atom stereocenters. The third-order valence-electron chi connectivity index (χ3n) is 5.44. The van der Waals surface area contributed by atoms with Crippen LogP contribution in [0.1, 0.15) is 11.3 Å². The Hall–Kier alpha value is -2.40. The zero-order chi connectivity index (χ0) is 26.3. The number of nitrogens with one attached hydrogen (secondary N) is 1. The van der Waals surface area contributed by atoms with Gasteiger partial charge in [-0.1, -0.05) is 59.1 Å². The topological polar surface area (TPSA) is 98.1 Å². The second kappa shape index (κ2) is 10.2. The molecule has 1 N–H and O–H groups in total. The summed E-state index contributed by atoms with van der Waals surface area (Å²) in [6.07, 6.45) is 0.960. The minimum absolute atomic E-state index is 0.189. The second-order valence-electron chi connectivity index (χ2n) is 7.98. The van der Waals surface area contributed by atoms with Gasteiger partial charge in [-0.05, 0) is 49.4 Å². The molecule has 4 rings (SSSR count). The summed E-state index contributed by atoms with van der Waals surface area (Å²) in [5.74, 6) is 0. The summed E-state index contributed by atoms with van der Waals surface area (Å²) in [6, 6.07) is 17.5. The third-order valence-corrected chi connectivity index (χ3v) is 8.98. The van der Waals surface area contributed by atoms with Gasteiger partial charge in [-0.15, -0.1) is 0 Å². The molecule has 0 aliphatic heterocycles. The van der Waals surface area contributed by atoms with Crippen LogP contribution in [0.2, 0.25) is 15.1 Å². The van der Waals surface area contributed by atoms with E-state index >= 15 is 0 Å². The Balaban J connectivity index is 1.79. The lowest BCUT2D eigenvalue weighted by molar-refractivity contribution is 0.573. The van der Waals surface area contributed by atoms with E-state index in [-0.39, 0.29) is 16.3 Å². The molecule has 12 heteroatoms. The van der Waals surface area contributed by atoms with Crippen LogP contribution in [-0.2, 0) is 26.4 Å². The Morgan fingerprint density at radius 3 is 2.08 bits per heavy atom. The molecule has 0 fully saturated rings. The summed E-state index contributed by atoms with van der Waals surface area (Å²) in [5.41, 5.74) is 3.13. The van der Waals surface area contributed by atoms with Crippen LogP contribution in [0.25, 0.3) is 16.9 Å². The zero-order valence-corrected chi connectivity index (χ0v) is 22.9. The van der Waals surface area contributed by atoms with Crippen LogP contribution >= 0.6 is 34.8 Å². The first kappa shape index (κ1) is 26.7. The highest BCUT2D eigenvalue weighted by Gasteiger charge is 2.25. The smallest absolute Gasteiger partial charge is 0.231 e. The number of benzene rings is 3. The van der Waals surface area contributed by atoms with E-state index in [2.05, 4.69) is 9.82 Å². The van der Waals surface area contributed by atoms with Crippen molar-refractivity contribution in [2.75, 3.05) is 6.26 Å². The van der Waals surface area contributed by atoms with Crippen molar-refractivity contribution >= 4 is 54.7 Å². The Morgan fingerprint density at radius 2 is 1.47 bits per heavy atom. The van der Waals surface area contributed by atoms with Crippen molar-refractivity contribution in [3.63, 3.8) is 0 Å². The van der Waals surface area contributed by atoms with Crippen LogP contribution in [0.5, 0.6) is 0 Å². The molecule has 1 heterocycles. The van der Waals surface area contributed by atoms with Gasteiger partial charge in [0.2, 0.25) is 10.0 Å². The Kier molecular flexibility index (Phi) is 7.52. The summed E-state index contributed by atoms with van der Waals surface area (Å²) in [5, 5.41) is 6.02. The van der Waals surface area contributed by atoms with E-state index in [1.165, 1.54) is 24.3 Å². The molecular weight excluding hydrogens is 565 g/mol. The minimum atomic E-state index is -4.18. The Labute approximate surface area is 224 Å². The van der Waals surface area contributed by atoms with Gasteiger partial charge >= 0.3 is 0 Å². The van der Waals surface area contributed by atoms with Gasteiger partial charge in [0.15, 0.2) is 9.84 Å². The molecular formula is C24H20Cl3N3O4S2. The fourth-order valence-electron chi connectivity index (χ4n) is 3.70.